The molecule has 1 fully saturated rings. The Bertz CT molecular complexity index is 788. The Morgan fingerprint density at radius 2 is 1.96 bits per heavy atom. The SMILES string of the molecule is CC(C)COC(=O)CN1C(=O)S/C(=C/c2ccccc2OCC(=O)O)C1=O. The van der Waals surface area contributed by atoms with E-state index in [1.807, 2.05) is 13.8 Å². The normalized spacial score (nSPS) is 15.5. The van der Waals surface area contributed by atoms with Gasteiger partial charge < -0.3 is 14.6 Å². The molecule has 9 heteroatoms. The molecule has 0 spiro atoms. The summed E-state index contributed by atoms with van der Waals surface area (Å²) < 4.78 is 10.2. The number of rotatable bonds is 8. The molecule has 1 heterocycles. The molecular formula is C18H19NO7S. The second kappa shape index (κ2) is 9.22. The first-order valence-electron chi connectivity index (χ1n) is 8.12. The van der Waals surface area contributed by atoms with E-state index in [9.17, 15) is 19.2 Å². The highest BCUT2D eigenvalue weighted by Gasteiger charge is 2.36. The standard InChI is InChI=1S/C18H19NO7S/c1-11(2)9-26-16(22)8-19-17(23)14(27-18(19)24)7-12-5-3-4-6-13(12)25-10-15(20)21/h3-7,11H,8-10H2,1-2H3,(H,20,21)/b14-7+. The zero-order valence-corrected chi connectivity index (χ0v) is 15.7. The quantitative estimate of drug-likeness (QED) is 0.529. The van der Waals surface area contributed by atoms with Crippen molar-refractivity contribution < 1.29 is 33.8 Å². The van der Waals surface area contributed by atoms with Gasteiger partial charge in [0.25, 0.3) is 11.1 Å². The van der Waals surface area contributed by atoms with E-state index in [0.717, 1.165) is 4.90 Å². The second-order valence-corrected chi connectivity index (χ2v) is 7.06. The van der Waals surface area contributed by atoms with E-state index in [2.05, 4.69) is 0 Å². The Labute approximate surface area is 160 Å². The first kappa shape index (κ1) is 20.5. The molecule has 2 rings (SSSR count). The molecule has 0 aliphatic carbocycles. The number of thioether (sulfide) groups is 1. The number of carboxylic acid groups (broad SMARTS) is 1. The molecular weight excluding hydrogens is 374 g/mol. The highest BCUT2D eigenvalue weighted by Crippen LogP contribution is 2.33. The van der Waals surface area contributed by atoms with Gasteiger partial charge in [-0.25, -0.2) is 4.79 Å². The van der Waals surface area contributed by atoms with Crippen LogP contribution in [0.1, 0.15) is 19.4 Å². The van der Waals surface area contributed by atoms with Crippen molar-refractivity contribution in [1.82, 2.24) is 4.90 Å². The molecule has 27 heavy (non-hydrogen) atoms. The third-order valence-corrected chi connectivity index (χ3v) is 4.20. The minimum atomic E-state index is -1.13. The summed E-state index contributed by atoms with van der Waals surface area (Å²) in [5.41, 5.74) is 0.451. The van der Waals surface area contributed by atoms with Gasteiger partial charge in [-0.2, -0.15) is 0 Å². The third kappa shape index (κ3) is 5.85. The number of hydrogen-bond donors (Lipinski definition) is 1. The van der Waals surface area contributed by atoms with Crippen LogP contribution in [0.2, 0.25) is 0 Å². The van der Waals surface area contributed by atoms with E-state index in [0.29, 0.717) is 17.3 Å². The summed E-state index contributed by atoms with van der Waals surface area (Å²) in [6.45, 7) is 2.97. The fraction of sp³-hybridized carbons (Fsp3) is 0.333. The monoisotopic (exact) mass is 393 g/mol. The van der Waals surface area contributed by atoms with Crippen molar-refractivity contribution in [2.45, 2.75) is 13.8 Å². The van der Waals surface area contributed by atoms with Gasteiger partial charge in [-0.05, 0) is 29.8 Å². The van der Waals surface area contributed by atoms with Crippen molar-refractivity contribution in [2.75, 3.05) is 19.8 Å². The van der Waals surface area contributed by atoms with E-state index < -0.39 is 36.2 Å². The van der Waals surface area contributed by atoms with E-state index in [-0.39, 0.29) is 23.2 Å². The van der Waals surface area contributed by atoms with E-state index >= 15 is 0 Å². The predicted molar refractivity (Wildman–Crippen MR) is 98.0 cm³/mol. The predicted octanol–water partition coefficient (Wildman–Crippen LogP) is 2.39. The molecule has 0 aromatic heterocycles. The van der Waals surface area contributed by atoms with Crippen LogP contribution in [0.25, 0.3) is 6.08 Å². The highest BCUT2D eigenvalue weighted by atomic mass is 32.2. The number of ether oxygens (including phenoxy) is 2. The number of esters is 1. The molecule has 1 saturated heterocycles. The minimum absolute atomic E-state index is 0.114. The van der Waals surface area contributed by atoms with Crippen LogP contribution in [0, 0.1) is 5.92 Å². The summed E-state index contributed by atoms with van der Waals surface area (Å²) in [5, 5.41) is 8.16. The van der Waals surface area contributed by atoms with Crippen molar-refractivity contribution in [1.29, 1.82) is 0 Å². The van der Waals surface area contributed by atoms with Gasteiger partial charge in [0.2, 0.25) is 0 Å². The molecule has 2 amide bonds. The van der Waals surface area contributed by atoms with E-state index in [1.54, 1.807) is 24.3 Å². The lowest BCUT2D eigenvalue weighted by Crippen LogP contribution is -2.34. The lowest BCUT2D eigenvalue weighted by atomic mass is 10.2. The molecule has 1 aromatic carbocycles. The zero-order valence-electron chi connectivity index (χ0n) is 14.8. The average Bonchev–Trinajstić information content (AvgIpc) is 2.86. The summed E-state index contributed by atoms with van der Waals surface area (Å²) in [4.78, 5) is 47.9. The van der Waals surface area contributed by atoms with Crippen LogP contribution in [0.4, 0.5) is 4.79 Å². The second-order valence-electron chi connectivity index (χ2n) is 6.06. The highest BCUT2D eigenvalue weighted by molar-refractivity contribution is 8.18. The van der Waals surface area contributed by atoms with Gasteiger partial charge in [0, 0.05) is 5.56 Å². The number of amides is 2. The minimum Gasteiger partial charge on any atom is -0.481 e. The van der Waals surface area contributed by atoms with Crippen LogP contribution in [0.5, 0.6) is 5.75 Å². The number of benzene rings is 1. The van der Waals surface area contributed by atoms with Crippen LogP contribution in [0.3, 0.4) is 0 Å². The molecule has 0 bridgehead atoms. The Kier molecular flexibility index (Phi) is 7.00. The van der Waals surface area contributed by atoms with Gasteiger partial charge >= 0.3 is 11.9 Å². The number of aliphatic carboxylic acids is 1. The fourth-order valence-corrected chi connectivity index (χ4v) is 2.91. The topological polar surface area (TPSA) is 110 Å². The van der Waals surface area contributed by atoms with Crippen LogP contribution in [-0.2, 0) is 19.1 Å². The fourth-order valence-electron chi connectivity index (χ4n) is 2.08. The molecule has 0 saturated carbocycles. The van der Waals surface area contributed by atoms with Crippen molar-refractivity contribution in [3.8, 4) is 5.75 Å². The molecule has 1 aliphatic rings. The number of nitrogens with zero attached hydrogens (tertiary/aromatic N) is 1. The van der Waals surface area contributed by atoms with Crippen LogP contribution < -0.4 is 4.74 Å². The molecule has 0 radical (unpaired) electrons. The number of carbonyl (C=O) groups excluding carboxylic acids is 3. The van der Waals surface area contributed by atoms with Gasteiger partial charge in [-0.1, -0.05) is 32.0 Å². The van der Waals surface area contributed by atoms with Crippen molar-refractivity contribution >= 4 is 40.9 Å². The largest absolute Gasteiger partial charge is 0.481 e. The Morgan fingerprint density at radius 1 is 1.26 bits per heavy atom. The molecule has 8 nitrogen and oxygen atoms in total. The van der Waals surface area contributed by atoms with Crippen molar-refractivity contribution in [3.05, 3.63) is 34.7 Å². The van der Waals surface area contributed by atoms with Gasteiger partial charge in [0.15, 0.2) is 6.61 Å². The number of carbonyl (C=O) groups is 4. The first-order valence-corrected chi connectivity index (χ1v) is 8.94. The van der Waals surface area contributed by atoms with Crippen molar-refractivity contribution in [3.63, 3.8) is 0 Å². The van der Waals surface area contributed by atoms with Crippen LogP contribution >= 0.6 is 11.8 Å². The molecule has 0 unspecified atom stereocenters. The number of hydrogen-bond acceptors (Lipinski definition) is 7. The van der Waals surface area contributed by atoms with E-state index in [1.165, 1.54) is 6.08 Å². The maximum atomic E-state index is 12.4. The lowest BCUT2D eigenvalue weighted by Gasteiger charge is -2.12. The number of carboxylic acids is 1. The summed E-state index contributed by atoms with van der Waals surface area (Å²) in [7, 11) is 0. The van der Waals surface area contributed by atoms with Gasteiger partial charge in [0.05, 0.1) is 11.5 Å². The Balaban J connectivity index is 2.12. The maximum absolute atomic E-state index is 12.4. The van der Waals surface area contributed by atoms with Gasteiger partial charge in [-0.3, -0.25) is 19.3 Å². The molecule has 0 atom stereocenters. The zero-order chi connectivity index (χ0) is 20.0. The molecule has 1 aromatic rings. The van der Waals surface area contributed by atoms with Crippen molar-refractivity contribution in [2.24, 2.45) is 5.92 Å². The summed E-state index contributed by atoms with van der Waals surface area (Å²) in [6, 6.07) is 6.53. The average molecular weight is 393 g/mol. The van der Waals surface area contributed by atoms with Crippen LogP contribution in [-0.4, -0.2) is 52.8 Å². The van der Waals surface area contributed by atoms with Gasteiger partial charge in [0.1, 0.15) is 12.3 Å². The third-order valence-electron chi connectivity index (χ3n) is 3.30. The Morgan fingerprint density at radius 3 is 2.63 bits per heavy atom. The summed E-state index contributed by atoms with van der Waals surface area (Å²) >= 11 is 0.695. The summed E-state index contributed by atoms with van der Waals surface area (Å²) in [5.74, 6) is -1.99. The Hall–Kier alpha value is -2.81. The molecule has 144 valence electrons. The molecule has 1 aliphatic heterocycles. The lowest BCUT2D eigenvalue weighted by molar-refractivity contribution is -0.147. The van der Waals surface area contributed by atoms with Crippen LogP contribution in [0.15, 0.2) is 29.2 Å². The maximum Gasteiger partial charge on any atom is 0.341 e. The number of imide groups is 1. The summed E-state index contributed by atoms with van der Waals surface area (Å²) in [6.07, 6.45) is 1.43. The number of para-hydroxylation sites is 1. The molecule has 1 N–H and O–H groups in total. The first-order chi connectivity index (χ1) is 12.8. The smallest absolute Gasteiger partial charge is 0.341 e. The van der Waals surface area contributed by atoms with Gasteiger partial charge in [-0.15, -0.1) is 0 Å². The van der Waals surface area contributed by atoms with E-state index in [4.69, 9.17) is 14.6 Å².